The number of anilines is 1. The molecule has 3 rings (SSSR count). The molecule has 0 aliphatic heterocycles. The molecule has 7 nitrogen and oxygen atoms in total. The number of thiazole rings is 2. The summed E-state index contributed by atoms with van der Waals surface area (Å²) >= 11 is 2.80. The van der Waals surface area contributed by atoms with Crippen LogP contribution in [0.4, 0.5) is 5.82 Å². The molecular weight excluding hydrogens is 330 g/mol. The summed E-state index contributed by atoms with van der Waals surface area (Å²) in [5.74, 6) is 0.371. The molecule has 2 N–H and O–H groups in total. The van der Waals surface area contributed by atoms with Gasteiger partial charge in [-0.15, -0.1) is 22.7 Å². The van der Waals surface area contributed by atoms with E-state index in [1.54, 1.807) is 22.2 Å². The maximum absolute atomic E-state index is 12.6. The minimum atomic E-state index is -3.68. The van der Waals surface area contributed by atoms with E-state index >= 15 is 0 Å². The zero-order valence-corrected chi connectivity index (χ0v) is 13.6. The van der Waals surface area contributed by atoms with Crippen LogP contribution >= 0.6 is 22.7 Å². The van der Waals surface area contributed by atoms with Gasteiger partial charge in [0.25, 0.3) is 10.0 Å². The molecule has 112 valence electrons. The van der Waals surface area contributed by atoms with Crippen molar-refractivity contribution in [2.75, 3.05) is 11.9 Å². The predicted molar refractivity (Wildman–Crippen MR) is 83.4 cm³/mol. The Labute approximate surface area is 129 Å². The topological polar surface area (TPSA) is 88.4 Å². The third-order valence-corrected chi connectivity index (χ3v) is 5.67. The van der Waals surface area contributed by atoms with E-state index in [1.165, 1.54) is 22.7 Å². The number of sulfonamides is 1. The Balaban J connectivity index is 1.96. The van der Waals surface area contributed by atoms with Gasteiger partial charge in [-0.2, -0.15) is 0 Å². The van der Waals surface area contributed by atoms with Crippen molar-refractivity contribution >= 4 is 43.5 Å². The molecular formula is C11H13N5O2S3. The lowest BCUT2D eigenvalue weighted by molar-refractivity contribution is 0.576. The van der Waals surface area contributed by atoms with Gasteiger partial charge in [-0.3, -0.25) is 4.40 Å². The second-order valence-electron chi connectivity index (χ2n) is 4.10. The van der Waals surface area contributed by atoms with Crippen LogP contribution < -0.4 is 10.0 Å². The van der Waals surface area contributed by atoms with Gasteiger partial charge in [0.2, 0.25) is 0 Å². The number of fused-ring (bicyclic) bond motifs is 1. The van der Waals surface area contributed by atoms with Crippen molar-refractivity contribution in [3.8, 4) is 0 Å². The van der Waals surface area contributed by atoms with Crippen LogP contribution in [0.25, 0.3) is 4.96 Å². The highest BCUT2D eigenvalue weighted by Gasteiger charge is 2.25. The smallest absolute Gasteiger partial charge is 0.260 e. The van der Waals surface area contributed by atoms with Crippen LogP contribution in [0.1, 0.15) is 11.9 Å². The number of aromatic nitrogens is 3. The first-order valence-electron chi connectivity index (χ1n) is 6.19. The van der Waals surface area contributed by atoms with E-state index in [0.29, 0.717) is 17.3 Å². The van der Waals surface area contributed by atoms with Gasteiger partial charge in [-0.1, -0.05) is 0 Å². The standard InChI is InChI=1S/C11H13N5O2S3/c1-2-12-9-10(16-4-6-20-11(16)15-9)21(17,18)14-7-8-13-3-5-19-8/h3-6,12,14H,2,7H2,1H3. The minimum Gasteiger partial charge on any atom is -0.368 e. The van der Waals surface area contributed by atoms with Gasteiger partial charge < -0.3 is 5.32 Å². The van der Waals surface area contributed by atoms with Crippen LogP contribution in [-0.4, -0.2) is 29.3 Å². The minimum absolute atomic E-state index is 0.136. The first-order valence-corrected chi connectivity index (χ1v) is 9.43. The Hall–Kier alpha value is -1.49. The summed E-state index contributed by atoms with van der Waals surface area (Å²) in [5, 5.41) is 7.46. The lowest BCUT2D eigenvalue weighted by atomic mass is 10.6. The van der Waals surface area contributed by atoms with Crippen molar-refractivity contribution < 1.29 is 8.42 Å². The molecule has 21 heavy (non-hydrogen) atoms. The summed E-state index contributed by atoms with van der Waals surface area (Å²) in [4.78, 5) is 9.02. The fourth-order valence-electron chi connectivity index (χ4n) is 1.87. The summed E-state index contributed by atoms with van der Waals surface area (Å²) in [7, 11) is -3.68. The van der Waals surface area contributed by atoms with Crippen LogP contribution in [0.2, 0.25) is 0 Å². The highest BCUT2D eigenvalue weighted by atomic mass is 32.2. The van der Waals surface area contributed by atoms with E-state index in [4.69, 9.17) is 0 Å². The molecule has 0 saturated heterocycles. The van der Waals surface area contributed by atoms with E-state index in [-0.39, 0.29) is 11.6 Å². The molecule has 0 saturated carbocycles. The van der Waals surface area contributed by atoms with Crippen molar-refractivity contribution in [2.45, 2.75) is 18.5 Å². The van der Waals surface area contributed by atoms with E-state index in [2.05, 4.69) is 20.0 Å². The number of hydrogen-bond donors (Lipinski definition) is 2. The van der Waals surface area contributed by atoms with Crippen molar-refractivity contribution in [1.29, 1.82) is 0 Å². The number of nitrogens with zero attached hydrogens (tertiary/aromatic N) is 3. The molecule has 0 fully saturated rings. The second kappa shape index (κ2) is 5.72. The van der Waals surface area contributed by atoms with Crippen molar-refractivity contribution in [3.63, 3.8) is 0 Å². The van der Waals surface area contributed by atoms with Gasteiger partial charge in [-0.25, -0.2) is 23.1 Å². The van der Waals surface area contributed by atoms with E-state index < -0.39 is 10.0 Å². The molecule has 0 unspecified atom stereocenters. The van der Waals surface area contributed by atoms with Crippen LogP contribution in [0.15, 0.2) is 28.2 Å². The van der Waals surface area contributed by atoms with Gasteiger partial charge in [-0.05, 0) is 6.92 Å². The average Bonchev–Trinajstić information content (AvgIpc) is 3.12. The van der Waals surface area contributed by atoms with Crippen LogP contribution in [0.5, 0.6) is 0 Å². The lowest BCUT2D eigenvalue weighted by Gasteiger charge is -2.07. The highest BCUT2D eigenvalue weighted by Crippen LogP contribution is 2.25. The van der Waals surface area contributed by atoms with Gasteiger partial charge >= 0.3 is 0 Å². The second-order valence-corrected chi connectivity index (χ2v) is 7.64. The molecule has 0 bridgehead atoms. The predicted octanol–water partition coefficient (Wildman–Crippen LogP) is 1.76. The molecule has 0 aliphatic carbocycles. The number of rotatable bonds is 6. The molecule has 10 heteroatoms. The molecule has 0 atom stereocenters. The lowest BCUT2D eigenvalue weighted by Crippen LogP contribution is -2.25. The maximum atomic E-state index is 12.6. The molecule has 0 aromatic carbocycles. The van der Waals surface area contributed by atoms with Gasteiger partial charge in [0.15, 0.2) is 15.8 Å². The van der Waals surface area contributed by atoms with E-state index in [0.717, 1.165) is 5.01 Å². The van der Waals surface area contributed by atoms with Gasteiger partial charge in [0, 0.05) is 29.7 Å². The first-order chi connectivity index (χ1) is 10.1. The molecule has 0 spiro atoms. The maximum Gasteiger partial charge on any atom is 0.260 e. The summed E-state index contributed by atoms with van der Waals surface area (Å²) in [5.41, 5.74) is 0. The van der Waals surface area contributed by atoms with E-state index in [1.807, 2.05) is 12.3 Å². The van der Waals surface area contributed by atoms with Gasteiger partial charge in [0.1, 0.15) is 5.01 Å². The van der Waals surface area contributed by atoms with Crippen molar-refractivity contribution in [3.05, 3.63) is 28.2 Å². The fourth-order valence-corrected chi connectivity index (χ4v) is 4.53. The first kappa shape index (κ1) is 14.4. The normalized spacial score (nSPS) is 12.0. The largest absolute Gasteiger partial charge is 0.368 e. The van der Waals surface area contributed by atoms with Crippen LogP contribution in [0.3, 0.4) is 0 Å². The number of imidazole rings is 1. The SMILES string of the molecule is CCNc1nc2sccn2c1S(=O)(=O)NCc1nccs1. The van der Waals surface area contributed by atoms with Crippen LogP contribution in [-0.2, 0) is 16.6 Å². The average molecular weight is 343 g/mol. The van der Waals surface area contributed by atoms with Crippen LogP contribution in [0, 0.1) is 0 Å². The van der Waals surface area contributed by atoms with Crippen molar-refractivity contribution in [2.24, 2.45) is 0 Å². The quantitative estimate of drug-likeness (QED) is 0.712. The van der Waals surface area contributed by atoms with Gasteiger partial charge in [0.05, 0.1) is 6.54 Å². The van der Waals surface area contributed by atoms with E-state index in [9.17, 15) is 8.42 Å². The Morgan fingerprint density at radius 1 is 1.33 bits per heavy atom. The summed E-state index contributed by atoms with van der Waals surface area (Å²) < 4.78 is 29.3. The third kappa shape index (κ3) is 2.79. The molecule has 0 amide bonds. The Kier molecular flexibility index (Phi) is 3.93. The molecule has 3 aromatic rings. The molecule has 0 aliphatic rings. The molecule has 3 heterocycles. The fraction of sp³-hybridized carbons (Fsp3) is 0.273. The van der Waals surface area contributed by atoms with Crippen molar-refractivity contribution in [1.82, 2.24) is 19.1 Å². The zero-order valence-electron chi connectivity index (χ0n) is 11.1. The summed E-state index contributed by atoms with van der Waals surface area (Å²) in [6.07, 6.45) is 3.35. The Morgan fingerprint density at radius 2 is 2.19 bits per heavy atom. The zero-order chi connectivity index (χ0) is 14.9. The Bertz CT molecular complexity index is 835. The highest BCUT2D eigenvalue weighted by molar-refractivity contribution is 7.89. The summed E-state index contributed by atoms with van der Waals surface area (Å²) in [6.45, 7) is 2.66. The molecule has 3 aromatic heterocycles. The number of hydrogen-bond acceptors (Lipinski definition) is 7. The summed E-state index contributed by atoms with van der Waals surface area (Å²) in [6, 6.07) is 0. The third-order valence-electron chi connectivity index (χ3n) is 2.71. The monoisotopic (exact) mass is 343 g/mol. The molecule has 0 radical (unpaired) electrons. The number of nitrogens with one attached hydrogen (secondary N) is 2. The Morgan fingerprint density at radius 3 is 2.90 bits per heavy atom.